The van der Waals surface area contributed by atoms with Gasteiger partial charge in [-0.15, -0.1) is 0 Å². The average Bonchev–Trinajstić information content (AvgIpc) is 2.80. The van der Waals surface area contributed by atoms with Crippen LogP contribution in [0.5, 0.6) is 0 Å². The minimum absolute atomic E-state index is 0.0421. The normalized spacial score (nSPS) is 28.9. The molecule has 0 aromatic rings. The minimum atomic E-state index is -1.25. The first-order valence-electron chi connectivity index (χ1n) is 6.52. The zero-order chi connectivity index (χ0) is 13.0. The monoisotopic (exact) mass is 256 g/mol. The number of carbonyl (C=O) groups is 2. The van der Waals surface area contributed by atoms with Crippen molar-refractivity contribution in [3.8, 4) is 0 Å². The van der Waals surface area contributed by atoms with E-state index in [-0.39, 0.29) is 12.6 Å². The number of amides is 2. The van der Waals surface area contributed by atoms with Gasteiger partial charge in [0.25, 0.3) is 0 Å². The molecule has 1 atom stereocenters. The van der Waals surface area contributed by atoms with E-state index in [0.29, 0.717) is 13.0 Å². The summed E-state index contributed by atoms with van der Waals surface area (Å²) in [5, 5.41) is 14.6. The van der Waals surface area contributed by atoms with Crippen molar-refractivity contribution in [2.75, 3.05) is 13.2 Å². The lowest BCUT2D eigenvalue weighted by molar-refractivity contribution is -0.144. The number of carboxylic acids is 1. The van der Waals surface area contributed by atoms with E-state index in [0.717, 1.165) is 25.7 Å². The van der Waals surface area contributed by atoms with Gasteiger partial charge in [0.15, 0.2) is 5.54 Å². The van der Waals surface area contributed by atoms with Crippen molar-refractivity contribution in [1.82, 2.24) is 10.6 Å². The molecule has 0 aromatic carbocycles. The highest BCUT2D eigenvalue weighted by Gasteiger charge is 2.44. The standard InChI is InChI=1S/C12H20N2O4/c15-10(16)12(6-7-18-8-12)14-11(17)13-9-4-2-1-3-5-9/h9H,1-8H2,(H,15,16)(H2,13,14,17). The molecule has 0 radical (unpaired) electrons. The molecule has 1 unspecified atom stereocenters. The summed E-state index contributed by atoms with van der Waals surface area (Å²) in [6.45, 7) is 0.413. The molecule has 18 heavy (non-hydrogen) atoms. The maximum absolute atomic E-state index is 11.8. The predicted molar refractivity (Wildman–Crippen MR) is 64.3 cm³/mol. The number of rotatable bonds is 3. The van der Waals surface area contributed by atoms with Gasteiger partial charge in [-0.05, 0) is 12.8 Å². The molecule has 1 saturated carbocycles. The highest BCUT2D eigenvalue weighted by atomic mass is 16.5. The van der Waals surface area contributed by atoms with Crippen molar-refractivity contribution in [2.24, 2.45) is 0 Å². The SMILES string of the molecule is O=C(NC1CCCCC1)NC1(C(=O)O)CCOC1. The molecule has 2 aliphatic rings. The van der Waals surface area contributed by atoms with E-state index in [2.05, 4.69) is 10.6 Å². The Labute approximate surface area is 106 Å². The number of nitrogens with one attached hydrogen (secondary N) is 2. The van der Waals surface area contributed by atoms with Crippen molar-refractivity contribution in [2.45, 2.75) is 50.1 Å². The lowest BCUT2D eigenvalue weighted by Crippen LogP contribution is -2.59. The Hall–Kier alpha value is -1.30. The number of aliphatic carboxylic acids is 1. The second-order valence-electron chi connectivity index (χ2n) is 5.12. The molecule has 2 fully saturated rings. The van der Waals surface area contributed by atoms with E-state index in [1.54, 1.807) is 0 Å². The Kier molecular flexibility index (Phi) is 4.06. The summed E-state index contributed by atoms with van der Waals surface area (Å²) in [7, 11) is 0. The van der Waals surface area contributed by atoms with Crippen LogP contribution in [0.1, 0.15) is 38.5 Å². The number of hydrogen-bond acceptors (Lipinski definition) is 3. The zero-order valence-electron chi connectivity index (χ0n) is 10.4. The Bertz CT molecular complexity index is 320. The van der Waals surface area contributed by atoms with E-state index in [1.807, 2.05) is 0 Å². The van der Waals surface area contributed by atoms with Crippen molar-refractivity contribution >= 4 is 12.0 Å². The first-order valence-corrected chi connectivity index (χ1v) is 6.52. The number of ether oxygens (including phenoxy) is 1. The van der Waals surface area contributed by atoms with Crippen molar-refractivity contribution in [3.63, 3.8) is 0 Å². The van der Waals surface area contributed by atoms with Gasteiger partial charge < -0.3 is 20.5 Å². The smallest absolute Gasteiger partial charge is 0.332 e. The highest BCUT2D eigenvalue weighted by molar-refractivity contribution is 5.86. The third-order valence-corrected chi connectivity index (χ3v) is 3.72. The summed E-state index contributed by atoms with van der Waals surface area (Å²) in [5.74, 6) is -1.03. The maximum Gasteiger partial charge on any atom is 0.332 e. The first-order chi connectivity index (χ1) is 8.62. The fourth-order valence-corrected chi connectivity index (χ4v) is 2.57. The summed E-state index contributed by atoms with van der Waals surface area (Å²) in [6.07, 6.45) is 5.73. The molecule has 0 spiro atoms. The molecular formula is C12H20N2O4. The van der Waals surface area contributed by atoms with Gasteiger partial charge in [0.1, 0.15) is 0 Å². The van der Waals surface area contributed by atoms with Gasteiger partial charge in [-0.25, -0.2) is 9.59 Å². The fraction of sp³-hybridized carbons (Fsp3) is 0.833. The zero-order valence-corrected chi connectivity index (χ0v) is 10.4. The fourth-order valence-electron chi connectivity index (χ4n) is 2.57. The van der Waals surface area contributed by atoms with Crippen LogP contribution in [0.3, 0.4) is 0 Å². The quantitative estimate of drug-likeness (QED) is 0.699. The van der Waals surface area contributed by atoms with Crippen LogP contribution in [0.25, 0.3) is 0 Å². The molecule has 1 aliphatic heterocycles. The molecule has 6 heteroatoms. The molecular weight excluding hydrogens is 236 g/mol. The van der Waals surface area contributed by atoms with Gasteiger partial charge in [-0.1, -0.05) is 19.3 Å². The van der Waals surface area contributed by atoms with Crippen LogP contribution in [0, 0.1) is 0 Å². The van der Waals surface area contributed by atoms with Crippen molar-refractivity contribution in [1.29, 1.82) is 0 Å². The summed E-state index contributed by atoms with van der Waals surface area (Å²) in [4.78, 5) is 23.1. The maximum atomic E-state index is 11.8. The van der Waals surface area contributed by atoms with Gasteiger partial charge in [0, 0.05) is 19.1 Å². The molecule has 0 bridgehead atoms. The van der Waals surface area contributed by atoms with Crippen LogP contribution in [0.15, 0.2) is 0 Å². The van der Waals surface area contributed by atoms with Gasteiger partial charge in [-0.3, -0.25) is 0 Å². The molecule has 0 aromatic heterocycles. The minimum Gasteiger partial charge on any atom is -0.479 e. The van der Waals surface area contributed by atoms with Gasteiger partial charge >= 0.3 is 12.0 Å². The van der Waals surface area contributed by atoms with Gasteiger partial charge in [0.2, 0.25) is 0 Å². The van der Waals surface area contributed by atoms with E-state index >= 15 is 0 Å². The Balaban J connectivity index is 1.87. The van der Waals surface area contributed by atoms with Crippen LogP contribution < -0.4 is 10.6 Å². The molecule has 2 amide bonds. The van der Waals surface area contributed by atoms with E-state index in [1.165, 1.54) is 6.42 Å². The summed E-state index contributed by atoms with van der Waals surface area (Å²) < 4.78 is 5.09. The van der Waals surface area contributed by atoms with Crippen molar-refractivity contribution < 1.29 is 19.4 Å². The predicted octanol–water partition coefficient (Wildman–Crippen LogP) is 0.862. The Morgan fingerprint density at radius 3 is 2.50 bits per heavy atom. The van der Waals surface area contributed by atoms with Crippen molar-refractivity contribution in [3.05, 3.63) is 0 Å². The second kappa shape index (κ2) is 5.56. The average molecular weight is 256 g/mol. The molecule has 102 valence electrons. The molecule has 1 heterocycles. The Morgan fingerprint density at radius 2 is 1.94 bits per heavy atom. The molecule has 3 N–H and O–H groups in total. The van der Waals surface area contributed by atoms with Gasteiger partial charge in [0.05, 0.1) is 6.61 Å². The largest absolute Gasteiger partial charge is 0.479 e. The summed E-state index contributed by atoms with van der Waals surface area (Å²) >= 11 is 0. The summed E-state index contributed by atoms with van der Waals surface area (Å²) in [5.41, 5.74) is -1.25. The lowest BCUT2D eigenvalue weighted by Gasteiger charge is -2.27. The van der Waals surface area contributed by atoms with E-state index < -0.39 is 17.5 Å². The number of carboxylic acid groups (broad SMARTS) is 1. The van der Waals surface area contributed by atoms with E-state index in [9.17, 15) is 14.7 Å². The van der Waals surface area contributed by atoms with Crippen LogP contribution in [0.4, 0.5) is 4.79 Å². The lowest BCUT2D eigenvalue weighted by atomic mass is 9.95. The van der Waals surface area contributed by atoms with Crippen LogP contribution in [-0.4, -0.2) is 41.9 Å². The van der Waals surface area contributed by atoms with Gasteiger partial charge in [-0.2, -0.15) is 0 Å². The third-order valence-electron chi connectivity index (χ3n) is 3.72. The number of urea groups is 1. The summed E-state index contributed by atoms with van der Waals surface area (Å²) in [6, 6.07) is -0.221. The first kappa shape index (κ1) is 13.1. The highest BCUT2D eigenvalue weighted by Crippen LogP contribution is 2.20. The van der Waals surface area contributed by atoms with E-state index in [4.69, 9.17) is 4.74 Å². The van der Waals surface area contributed by atoms with Crippen LogP contribution in [-0.2, 0) is 9.53 Å². The third kappa shape index (κ3) is 2.93. The molecule has 1 aliphatic carbocycles. The second-order valence-corrected chi connectivity index (χ2v) is 5.12. The number of hydrogen-bond donors (Lipinski definition) is 3. The van der Waals surface area contributed by atoms with Crippen LogP contribution >= 0.6 is 0 Å². The number of carbonyl (C=O) groups excluding carboxylic acids is 1. The Morgan fingerprint density at radius 1 is 1.22 bits per heavy atom. The molecule has 2 rings (SSSR count). The molecule has 6 nitrogen and oxygen atoms in total. The molecule has 1 saturated heterocycles. The topological polar surface area (TPSA) is 87.7 Å². The van der Waals surface area contributed by atoms with Crippen LogP contribution in [0.2, 0.25) is 0 Å².